The van der Waals surface area contributed by atoms with Gasteiger partial charge in [-0.1, -0.05) is 41.6 Å². The lowest BCUT2D eigenvalue weighted by Crippen LogP contribution is -2.23. The summed E-state index contributed by atoms with van der Waals surface area (Å²) in [7, 11) is 0. The van der Waals surface area contributed by atoms with Gasteiger partial charge in [0.25, 0.3) is 5.56 Å². The van der Waals surface area contributed by atoms with Gasteiger partial charge in [0.05, 0.1) is 28.5 Å². The number of thioether (sulfide) groups is 1. The van der Waals surface area contributed by atoms with Crippen LogP contribution in [0.25, 0.3) is 16.6 Å². The zero-order chi connectivity index (χ0) is 22.0. The Kier molecular flexibility index (Phi) is 6.11. The monoisotopic (exact) mass is 453 g/mol. The minimum Gasteiger partial charge on any atom is -0.310 e. The number of hydrogen-bond acceptors (Lipinski definition) is 5. The van der Waals surface area contributed by atoms with Crippen molar-refractivity contribution < 1.29 is 4.79 Å². The number of carbonyl (C=O) groups excluding carboxylic acids is 1. The third kappa shape index (κ3) is 4.50. The van der Waals surface area contributed by atoms with Gasteiger partial charge in [-0.25, -0.2) is 9.67 Å². The molecule has 2 aromatic carbocycles. The number of amides is 1. The Morgan fingerprint density at radius 3 is 2.74 bits per heavy atom. The molecule has 0 aliphatic heterocycles. The van der Waals surface area contributed by atoms with E-state index in [0.29, 0.717) is 32.6 Å². The summed E-state index contributed by atoms with van der Waals surface area (Å²) in [6.07, 6.45) is 1.64. The normalized spacial score (nSPS) is 11.2. The maximum atomic E-state index is 13.2. The van der Waals surface area contributed by atoms with Crippen molar-refractivity contribution in [2.24, 2.45) is 0 Å². The van der Waals surface area contributed by atoms with E-state index in [2.05, 4.69) is 15.4 Å². The Morgan fingerprint density at radius 1 is 1.16 bits per heavy atom. The molecule has 158 valence electrons. The first-order valence-corrected chi connectivity index (χ1v) is 11.0. The van der Waals surface area contributed by atoms with Crippen LogP contribution in [-0.4, -0.2) is 31.0 Å². The van der Waals surface area contributed by atoms with Crippen molar-refractivity contribution in [1.82, 2.24) is 19.3 Å². The topological polar surface area (TPSA) is 81.8 Å². The van der Waals surface area contributed by atoms with E-state index in [0.717, 1.165) is 0 Å². The molecule has 7 nitrogen and oxygen atoms in total. The summed E-state index contributed by atoms with van der Waals surface area (Å²) in [4.78, 5) is 30.5. The molecular weight excluding hydrogens is 434 g/mol. The van der Waals surface area contributed by atoms with Crippen molar-refractivity contribution in [1.29, 1.82) is 0 Å². The van der Waals surface area contributed by atoms with E-state index in [-0.39, 0.29) is 23.3 Å². The van der Waals surface area contributed by atoms with Crippen molar-refractivity contribution in [3.05, 3.63) is 76.2 Å². The first-order chi connectivity index (χ1) is 14.9. The number of aromatic nitrogens is 4. The Hall–Kier alpha value is -3.10. The third-order valence-corrected chi connectivity index (χ3v) is 5.74. The summed E-state index contributed by atoms with van der Waals surface area (Å²) < 4.78 is 3.23. The minimum atomic E-state index is -0.215. The van der Waals surface area contributed by atoms with Gasteiger partial charge in [-0.2, -0.15) is 5.10 Å². The highest BCUT2D eigenvalue weighted by Crippen LogP contribution is 2.23. The van der Waals surface area contributed by atoms with Gasteiger partial charge < -0.3 is 5.32 Å². The number of hydrogen-bond donors (Lipinski definition) is 1. The summed E-state index contributed by atoms with van der Waals surface area (Å²) in [5, 5.41) is 8.51. The molecule has 0 aliphatic carbocycles. The molecule has 0 spiro atoms. The Labute approximate surface area is 188 Å². The van der Waals surface area contributed by atoms with Gasteiger partial charge in [0.2, 0.25) is 5.91 Å². The van der Waals surface area contributed by atoms with Gasteiger partial charge >= 0.3 is 0 Å². The number of rotatable bonds is 6. The highest BCUT2D eigenvalue weighted by Gasteiger charge is 2.16. The highest BCUT2D eigenvalue weighted by molar-refractivity contribution is 7.99. The molecule has 1 N–H and O–H groups in total. The molecule has 0 fully saturated rings. The number of para-hydroxylation sites is 1. The van der Waals surface area contributed by atoms with Crippen molar-refractivity contribution in [3.8, 4) is 5.69 Å². The molecule has 0 saturated carbocycles. The predicted molar refractivity (Wildman–Crippen MR) is 124 cm³/mol. The second kappa shape index (κ2) is 8.95. The van der Waals surface area contributed by atoms with E-state index in [1.54, 1.807) is 59.4 Å². The van der Waals surface area contributed by atoms with Gasteiger partial charge in [0, 0.05) is 17.1 Å². The molecule has 0 radical (unpaired) electrons. The van der Waals surface area contributed by atoms with Gasteiger partial charge in [-0.05, 0) is 44.2 Å². The van der Waals surface area contributed by atoms with Crippen LogP contribution < -0.4 is 10.9 Å². The number of benzene rings is 2. The van der Waals surface area contributed by atoms with E-state index in [1.165, 1.54) is 16.3 Å². The molecule has 2 aromatic heterocycles. The molecule has 0 bridgehead atoms. The van der Waals surface area contributed by atoms with E-state index < -0.39 is 0 Å². The van der Waals surface area contributed by atoms with E-state index in [4.69, 9.17) is 11.6 Å². The molecule has 9 heteroatoms. The molecule has 0 atom stereocenters. The molecule has 0 aliphatic rings. The van der Waals surface area contributed by atoms with Gasteiger partial charge in [-0.3, -0.25) is 14.2 Å². The molecule has 4 rings (SSSR count). The number of carbonyl (C=O) groups is 1. The Balaban J connectivity index is 1.66. The minimum absolute atomic E-state index is 0.0780. The maximum absolute atomic E-state index is 13.2. The van der Waals surface area contributed by atoms with Crippen molar-refractivity contribution >= 4 is 46.0 Å². The van der Waals surface area contributed by atoms with Crippen molar-refractivity contribution in [3.63, 3.8) is 0 Å². The lowest BCUT2D eigenvalue weighted by atomic mass is 10.2. The lowest BCUT2D eigenvalue weighted by Gasteiger charge is -2.14. The van der Waals surface area contributed by atoms with Crippen LogP contribution in [0.5, 0.6) is 0 Å². The molecule has 1 amide bonds. The van der Waals surface area contributed by atoms with Crippen molar-refractivity contribution in [2.45, 2.75) is 25.0 Å². The van der Waals surface area contributed by atoms with Crippen LogP contribution in [0.3, 0.4) is 0 Å². The van der Waals surface area contributed by atoms with E-state index >= 15 is 0 Å². The molecular formula is C22H20ClN5O2S. The van der Waals surface area contributed by atoms with Crippen LogP contribution in [0.4, 0.5) is 5.82 Å². The zero-order valence-corrected chi connectivity index (χ0v) is 18.5. The quantitative estimate of drug-likeness (QED) is 0.342. The number of nitrogens with zero attached hydrogens (tertiary/aromatic N) is 4. The SMILES string of the molecule is CC(C)n1nccc1NC(=O)CSc1nc2ccccc2c(=O)n1-c1cccc(Cl)c1. The summed E-state index contributed by atoms with van der Waals surface area (Å²) in [6, 6.07) is 16.0. The predicted octanol–water partition coefficient (Wildman–Crippen LogP) is 4.55. The maximum Gasteiger partial charge on any atom is 0.266 e. The van der Waals surface area contributed by atoms with Crippen LogP contribution in [0.2, 0.25) is 5.02 Å². The fourth-order valence-corrected chi connectivity index (χ4v) is 4.18. The fraction of sp³-hybridized carbons (Fsp3) is 0.182. The average molecular weight is 454 g/mol. The molecule has 4 aromatic rings. The summed E-state index contributed by atoms with van der Waals surface area (Å²) >= 11 is 7.34. The standard InChI is InChI=1S/C22H20ClN5O2S/c1-14(2)28-19(10-11-24-28)26-20(29)13-31-22-25-18-9-4-3-8-17(18)21(30)27(22)16-7-5-6-15(23)12-16/h3-12,14H,13H2,1-2H3,(H,26,29). The van der Waals surface area contributed by atoms with Crippen LogP contribution in [0, 0.1) is 0 Å². The summed E-state index contributed by atoms with van der Waals surface area (Å²) in [5.41, 5.74) is 0.955. The van der Waals surface area contributed by atoms with Crippen LogP contribution in [0.1, 0.15) is 19.9 Å². The summed E-state index contributed by atoms with van der Waals surface area (Å²) in [6.45, 7) is 3.97. The summed E-state index contributed by atoms with van der Waals surface area (Å²) in [5.74, 6) is 0.487. The lowest BCUT2D eigenvalue weighted by molar-refractivity contribution is -0.113. The number of nitrogens with one attached hydrogen (secondary N) is 1. The second-order valence-corrected chi connectivity index (χ2v) is 8.50. The Morgan fingerprint density at radius 2 is 1.97 bits per heavy atom. The van der Waals surface area contributed by atoms with Crippen LogP contribution in [-0.2, 0) is 4.79 Å². The smallest absolute Gasteiger partial charge is 0.266 e. The second-order valence-electron chi connectivity index (χ2n) is 7.12. The fourth-order valence-electron chi connectivity index (χ4n) is 3.19. The molecule has 0 saturated heterocycles. The largest absolute Gasteiger partial charge is 0.310 e. The number of fused-ring (bicyclic) bond motifs is 1. The average Bonchev–Trinajstić information content (AvgIpc) is 3.21. The van der Waals surface area contributed by atoms with Gasteiger partial charge in [0.1, 0.15) is 5.82 Å². The van der Waals surface area contributed by atoms with Crippen LogP contribution >= 0.6 is 23.4 Å². The first-order valence-electron chi connectivity index (χ1n) is 9.68. The third-order valence-electron chi connectivity index (χ3n) is 4.57. The highest BCUT2D eigenvalue weighted by atomic mass is 35.5. The van der Waals surface area contributed by atoms with Gasteiger partial charge in [-0.15, -0.1) is 0 Å². The van der Waals surface area contributed by atoms with E-state index in [9.17, 15) is 9.59 Å². The Bertz CT molecular complexity index is 1310. The zero-order valence-electron chi connectivity index (χ0n) is 16.9. The first kappa shape index (κ1) is 21.1. The molecule has 0 unspecified atom stereocenters. The van der Waals surface area contributed by atoms with E-state index in [1.807, 2.05) is 19.9 Å². The van der Waals surface area contributed by atoms with Crippen LogP contribution in [0.15, 0.2) is 70.7 Å². The number of halogens is 1. The van der Waals surface area contributed by atoms with Gasteiger partial charge in [0.15, 0.2) is 5.16 Å². The molecule has 2 heterocycles. The molecule has 31 heavy (non-hydrogen) atoms. The van der Waals surface area contributed by atoms with Crippen molar-refractivity contribution in [2.75, 3.05) is 11.1 Å². The number of anilines is 1.